The first kappa shape index (κ1) is 19.5. The molecule has 0 bridgehead atoms. The number of nitro groups is 1. The molecule has 146 valence electrons. The number of halogens is 1. The molecule has 0 unspecified atom stereocenters. The molecule has 1 heterocycles. The van der Waals surface area contributed by atoms with Gasteiger partial charge in [-0.2, -0.15) is 0 Å². The van der Waals surface area contributed by atoms with Crippen molar-refractivity contribution in [3.63, 3.8) is 0 Å². The van der Waals surface area contributed by atoms with Gasteiger partial charge in [-0.25, -0.2) is 14.2 Å². The van der Waals surface area contributed by atoms with Crippen molar-refractivity contribution >= 4 is 17.8 Å². The molecule has 1 aromatic rings. The van der Waals surface area contributed by atoms with E-state index in [0.29, 0.717) is 18.6 Å². The normalized spacial score (nSPS) is 21.3. The Morgan fingerprint density at radius 1 is 1.43 bits per heavy atom. The third-order valence-electron chi connectivity index (χ3n) is 4.86. The lowest BCUT2D eigenvalue weighted by Crippen LogP contribution is -2.22. The number of anilines is 1. The number of nitrogens with zero attached hydrogens (tertiary/aromatic N) is 2. The molecular formula is C20H20FN3O4. The first-order chi connectivity index (χ1) is 13.3. The average molecular weight is 385 g/mol. The summed E-state index contributed by atoms with van der Waals surface area (Å²) in [4.78, 5) is 25.6. The van der Waals surface area contributed by atoms with Crippen LogP contribution in [0.5, 0.6) is 0 Å². The lowest BCUT2D eigenvalue weighted by Gasteiger charge is -2.29. The molecule has 1 aromatic carbocycles. The molecule has 0 radical (unpaired) electrons. The van der Waals surface area contributed by atoms with Crippen molar-refractivity contribution in [3.05, 3.63) is 75.1 Å². The SMILES string of the molecule is COC1=C[C@](C)(c2ccc(NC3=C(C(=O)[N+](=O)[O-])CCC=N3)c(F)c2)CC=C1. The summed E-state index contributed by atoms with van der Waals surface area (Å²) in [6.07, 6.45) is 8.62. The molecule has 8 heteroatoms. The fourth-order valence-electron chi connectivity index (χ4n) is 3.26. The van der Waals surface area contributed by atoms with E-state index in [9.17, 15) is 19.3 Å². The predicted octanol–water partition coefficient (Wildman–Crippen LogP) is 3.87. The minimum atomic E-state index is -1.23. The Morgan fingerprint density at radius 2 is 2.21 bits per heavy atom. The van der Waals surface area contributed by atoms with Crippen molar-refractivity contribution in [2.24, 2.45) is 4.99 Å². The molecule has 28 heavy (non-hydrogen) atoms. The van der Waals surface area contributed by atoms with Gasteiger partial charge in [0.1, 0.15) is 27.9 Å². The zero-order valence-corrected chi connectivity index (χ0v) is 15.6. The van der Waals surface area contributed by atoms with E-state index in [4.69, 9.17) is 4.74 Å². The average Bonchev–Trinajstić information content (AvgIpc) is 2.69. The summed E-state index contributed by atoms with van der Waals surface area (Å²) < 4.78 is 20.0. The zero-order chi connectivity index (χ0) is 20.3. The van der Waals surface area contributed by atoms with Gasteiger partial charge in [-0.1, -0.05) is 19.1 Å². The third kappa shape index (κ3) is 3.85. The Bertz CT molecular complexity index is 949. The quantitative estimate of drug-likeness (QED) is 0.613. The summed E-state index contributed by atoms with van der Waals surface area (Å²) in [5.74, 6) is -1.05. The molecule has 0 spiro atoms. The fraction of sp³-hybridized carbons (Fsp3) is 0.300. The monoisotopic (exact) mass is 385 g/mol. The standard InChI is InChI=1S/C20H20FN3O4/c1-20(9-3-5-14(12-20)28-2)13-7-8-17(16(21)11-13)23-18-15(6-4-10-22-18)19(25)24(26)27/h3,5,7-8,10-12,23H,4,6,9H2,1-2H3/t20-/m1/s1. The minimum Gasteiger partial charge on any atom is -0.497 e. The smallest absolute Gasteiger partial charge is 0.476 e. The molecule has 1 atom stereocenters. The van der Waals surface area contributed by atoms with Crippen LogP contribution in [0.2, 0.25) is 0 Å². The van der Waals surface area contributed by atoms with E-state index < -0.39 is 22.1 Å². The van der Waals surface area contributed by atoms with Gasteiger partial charge >= 0.3 is 5.91 Å². The summed E-state index contributed by atoms with van der Waals surface area (Å²) in [6.45, 7) is 1.99. The Balaban J connectivity index is 1.90. The molecule has 0 saturated carbocycles. The van der Waals surface area contributed by atoms with Crippen LogP contribution in [0.3, 0.4) is 0 Å². The highest BCUT2D eigenvalue weighted by atomic mass is 19.1. The Labute approximate surface area is 161 Å². The number of allylic oxidation sites excluding steroid dienone is 3. The van der Waals surface area contributed by atoms with Gasteiger partial charge in [0, 0.05) is 11.6 Å². The van der Waals surface area contributed by atoms with Crippen LogP contribution in [0, 0.1) is 15.9 Å². The highest BCUT2D eigenvalue weighted by molar-refractivity contribution is 5.90. The second-order valence-electron chi connectivity index (χ2n) is 6.83. The first-order valence-corrected chi connectivity index (χ1v) is 8.79. The number of amides is 1. The van der Waals surface area contributed by atoms with Crippen LogP contribution in [0.1, 0.15) is 31.7 Å². The molecule has 7 nitrogen and oxygen atoms in total. The molecule has 0 saturated heterocycles. The molecule has 0 aromatic heterocycles. The van der Waals surface area contributed by atoms with Crippen LogP contribution in [-0.4, -0.2) is 24.2 Å². The summed E-state index contributed by atoms with van der Waals surface area (Å²) in [5.41, 5.74) is 0.372. The molecular weight excluding hydrogens is 365 g/mol. The van der Waals surface area contributed by atoms with Gasteiger partial charge in [-0.05, 0) is 49.1 Å². The van der Waals surface area contributed by atoms with Gasteiger partial charge < -0.3 is 10.1 Å². The van der Waals surface area contributed by atoms with Gasteiger partial charge in [-0.15, -0.1) is 0 Å². The third-order valence-corrected chi connectivity index (χ3v) is 4.86. The van der Waals surface area contributed by atoms with E-state index in [2.05, 4.69) is 10.3 Å². The lowest BCUT2D eigenvalue weighted by molar-refractivity contribution is -0.397. The number of aliphatic imine (C=N–C) groups is 1. The van der Waals surface area contributed by atoms with Crippen LogP contribution in [0.15, 0.2) is 58.6 Å². The highest BCUT2D eigenvalue weighted by Crippen LogP contribution is 2.36. The van der Waals surface area contributed by atoms with Crippen molar-refractivity contribution in [2.45, 2.75) is 31.6 Å². The van der Waals surface area contributed by atoms with Crippen molar-refractivity contribution in [1.29, 1.82) is 0 Å². The molecule has 1 N–H and O–H groups in total. The van der Waals surface area contributed by atoms with Crippen molar-refractivity contribution < 1.29 is 18.8 Å². The van der Waals surface area contributed by atoms with Crippen LogP contribution < -0.4 is 5.32 Å². The number of hydrogen-bond donors (Lipinski definition) is 1. The van der Waals surface area contributed by atoms with Crippen molar-refractivity contribution in [3.8, 4) is 0 Å². The number of rotatable bonds is 5. The van der Waals surface area contributed by atoms with E-state index in [-0.39, 0.29) is 23.5 Å². The molecule has 2 aliphatic rings. The molecule has 1 aliphatic heterocycles. The van der Waals surface area contributed by atoms with Gasteiger partial charge in [0.25, 0.3) is 0 Å². The first-order valence-electron chi connectivity index (χ1n) is 8.79. The minimum absolute atomic E-state index is 0.00739. The summed E-state index contributed by atoms with van der Waals surface area (Å²) >= 11 is 0. The van der Waals surface area contributed by atoms with Crippen molar-refractivity contribution in [1.82, 2.24) is 0 Å². The number of nitrogens with one attached hydrogen (secondary N) is 1. The number of ether oxygens (including phenoxy) is 1. The Kier molecular flexibility index (Phi) is 5.39. The molecule has 3 rings (SSSR count). The predicted molar refractivity (Wildman–Crippen MR) is 103 cm³/mol. The Morgan fingerprint density at radius 3 is 2.89 bits per heavy atom. The number of carbonyl (C=O) groups excluding carboxylic acids is 1. The zero-order valence-electron chi connectivity index (χ0n) is 15.6. The Hall–Kier alpha value is -3.29. The van der Waals surface area contributed by atoms with Gasteiger partial charge in [0.15, 0.2) is 0 Å². The van der Waals surface area contributed by atoms with Crippen LogP contribution in [0.4, 0.5) is 10.1 Å². The number of benzene rings is 1. The summed E-state index contributed by atoms with van der Waals surface area (Å²) in [7, 11) is 1.58. The van der Waals surface area contributed by atoms with E-state index in [0.717, 1.165) is 5.56 Å². The maximum atomic E-state index is 14.8. The summed E-state index contributed by atoms with van der Waals surface area (Å²) in [6, 6.07) is 4.73. The lowest BCUT2D eigenvalue weighted by atomic mass is 9.77. The van der Waals surface area contributed by atoms with Gasteiger partial charge in [-0.3, -0.25) is 10.1 Å². The van der Waals surface area contributed by atoms with E-state index in [1.54, 1.807) is 19.2 Å². The molecule has 1 aliphatic carbocycles. The number of methoxy groups -OCH3 is 1. The molecule has 0 fully saturated rings. The topological polar surface area (TPSA) is 93.8 Å². The van der Waals surface area contributed by atoms with Gasteiger partial charge in [0.05, 0.1) is 12.8 Å². The number of hydrogen-bond acceptors (Lipinski definition) is 6. The van der Waals surface area contributed by atoms with E-state index in [1.165, 1.54) is 12.3 Å². The largest absolute Gasteiger partial charge is 0.497 e. The molecule has 1 amide bonds. The fourth-order valence-corrected chi connectivity index (χ4v) is 3.26. The maximum absolute atomic E-state index is 14.8. The summed E-state index contributed by atoms with van der Waals surface area (Å²) in [5, 5.41) is 13.5. The second-order valence-corrected chi connectivity index (χ2v) is 6.83. The second kappa shape index (κ2) is 7.75. The van der Waals surface area contributed by atoms with Crippen LogP contribution in [0.25, 0.3) is 0 Å². The van der Waals surface area contributed by atoms with Crippen molar-refractivity contribution in [2.75, 3.05) is 12.4 Å². The maximum Gasteiger partial charge on any atom is 0.476 e. The number of carbonyl (C=O) groups is 1. The van der Waals surface area contributed by atoms with Crippen LogP contribution in [-0.2, 0) is 14.9 Å². The van der Waals surface area contributed by atoms with Gasteiger partial charge in [0.2, 0.25) is 0 Å². The van der Waals surface area contributed by atoms with E-state index in [1.807, 2.05) is 25.2 Å². The van der Waals surface area contributed by atoms with Crippen LogP contribution >= 0.6 is 0 Å². The highest BCUT2D eigenvalue weighted by Gasteiger charge is 2.29. The van der Waals surface area contributed by atoms with E-state index >= 15 is 0 Å².